The molecule has 5 heteroatoms. The molecule has 1 aliphatic heterocycles. The van der Waals surface area contributed by atoms with Crippen molar-refractivity contribution in [2.45, 2.75) is 6.54 Å². The summed E-state index contributed by atoms with van der Waals surface area (Å²) in [5.74, 6) is 0.297. The fourth-order valence-electron chi connectivity index (χ4n) is 2.48. The molecule has 0 radical (unpaired) electrons. The van der Waals surface area contributed by atoms with Crippen LogP contribution in [-0.2, 0) is 11.3 Å². The van der Waals surface area contributed by atoms with Gasteiger partial charge in [0, 0.05) is 0 Å². The molecule has 0 bridgehead atoms. The molecule has 0 saturated heterocycles. The van der Waals surface area contributed by atoms with Crippen LogP contribution in [0, 0.1) is 0 Å². The molecule has 1 amide bonds. The maximum Gasteiger partial charge on any atom is 0.299 e. The first-order valence-electron chi connectivity index (χ1n) is 6.81. The van der Waals surface area contributed by atoms with Crippen molar-refractivity contribution in [1.82, 2.24) is 0 Å². The van der Waals surface area contributed by atoms with Gasteiger partial charge in [0.15, 0.2) is 0 Å². The Balaban J connectivity index is 1.91. The van der Waals surface area contributed by atoms with Gasteiger partial charge in [0.2, 0.25) is 0 Å². The maximum absolute atomic E-state index is 12.2. The topological polar surface area (TPSA) is 55.8 Å². The molecule has 0 aromatic heterocycles. The number of rotatable bonds is 4. The van der Waals surface area contributed by atoms with Crippen LogP contribution in [0.15, 0.2) is 42.5 Å². The second-order valence-corrected chi connectivity index (χ2v) is 4.95. The summed E-state index contributed by atoms with van der Waals surface area (Å²) in [7, 11) is 3.12. The van der Waals surface area contributed by atoms with E-state index in [0.29, 0.717) is 23.5 Å². The van der Waals surface area contributed by atoms with E-state index in [1.54, 1.807) is 25.3 Å². The zero-order valence-electron chi connectivity index (χ0n) is 12.3. The molecule has 0 aliphatic carbocycles. The number of carbonyl (C=O) groups excluding carboxylic acids is 2. The Labute approximate surface area is 128 Å². The van der Waals surface area contributed by atoms with Crippen molar-refractivity contribution < 1.29 is 19.1 Å². The van der Waals surface area contributed by atoms with Gasteiger partial charge < -0.3 is 14.4 Å². The van der Waals surface area contributed by atoms with Gasteiger partial charge in [0.25, 0.3) is 11.7 Å². The molecule has 1 aliphatic rings. The number of benzene rings is 2. The molecule has 1 heterocycles. The molecule has 3 rings (SSSR count). The summed E-state index contributed by atoms with van der Waals surface area (Å²) in [6.45, 7) is 0.341. The molecule has 0 unspecified atom stereocenters. The van der Waals surface area contributed by atoms with E-state index in [0.717, 1.165) is 11.3 Å². The zero-order valence-corrected chi connectivity index (χ0v) is 12.3. The number of nitrogens with zero attached hydrogens (tertiary/aromatic N) is 1. The molecule has 0 fully saturated rings. The Morgan fingerprint density at radius 2 is 1.55 bits per heavy atom. The van der Waals surface area contributed by atoms with Crippen molar-refractivity contribution in [2.24, 2.45) is 0 Å². The van der Waals surface area contributed by atoms with Gasteiger partial charge in [-0.25, -0.2) is 0 Å². The van der Waals surface area contributed by atoms with Gasteiger partial charge in [-0.15, -0.1) is 0 Å². The fraction of sp³-hybridized carbons (Fsp3) is 0.176. The number of fused-ring (bicyclic) bond motifs is 1. The van der Waals surface area contributed by atoms with Crippen LogP contribution >= 0.6 is 0 Å². The Bertz CT molecular complexity index is 737. The van der Waals surface area contributed by atoms with Crippen molar-refractivity contribution >= 4 is 17.4 Å². The Hall–Kier alpha value is -2.82. The quantitative estimate of drug-likeness (QED) is 0.813. The van der Waals surface area contributed by atoms with Crippen LogP contribution in [0.4, 0.5) is 5.69 Å². The summed E-state index contributed by atoms with van der Waals surface area (Å²) in [5.41, 5.74) is 1.93. The highest BCUT2D eigenvalue weighted by Gasteiger charge is 2.36. The molecule has 2 aromatic rings. The molecule has 0 spiro atoms. The average molecular weight is 297 g/mol. The van der Waals surface area contributed by atoms with Crippen LogP contribution in [-0.4, -0.2) is 25.9 Å². The number of methoxy groups -OCH3 is 2. The minimum absolute atomic E-state index is 0.341. The zero-order chi connectivity index (χ0) is 15.7. The molecule has 2 aromatic carbocycles. The van der Waals surface area contributed by atoms with Gasteiger partial charge in [-0.1, -0.05) is 12.1 Å². The van der Waals surface area contributed by atoms with E-state index in [9.17, 15) is 9.59 Å². The van der Waals surface area contributed by atoms with E-state index in [1.807, 2.05) is 24.3 Å². The molecule has 112 valence electrons. The number of anilines is 1. The summed E-state index contributed by atoms with van der Waals surface area (Å²) in [6, 6.07) is 12.5. The first-order valence-corrected chi connectivity index (χ1v) is 6.81. The number of hydrogen-bond donors (Lipinski definition) is 0. The lowest BCUT2D eigenvalue weighted by atomic mass is 10.1. The maximum atomic E-state index is 12.2. The Kier molecular flexibility index (Phi) is 3.55. The van der Waals surface area contributed by atoms with E-state index in [1.165, 1.54) is 12.0 Å². The van der Waals surface area contributed by atoms with Gasteiger partial charge in [0.1, 0.15) is 11.5 Å². The molecule has 5 nitrogen and oxygen atoms in total. The van der Waals surface area contributed by atoms with E-state index >= 15 is 0 Å². The Morgan fingerprint density at radius 1 is 0.909 bits per heavy atom. The number of hydrogen-bond acceptors (Lipinski definition) is 4. The summed E-state index contributed by atoms with van der Waals surface area (Å²) in [6.07, 6.45) is 0. The number of Topliss-reactive ketones (excluding diaryl/α,β-unsaturated/α-hetero) is 1. The highest BCUT2D eigenvalue weighted by Crippen LogP contribution is 2.33. The van der Waals surface area contributed by atoms with Gasteiger partial charge in [-0.3, -0.25) is 9.59 Å². The summed E-state index contributed by atoms with van der Waals surface area (Å²) >= 11 is 0. The molecular weight excluding hydrogens is 282 g/mol. The van der Waals surface area contributed by atoms with Crippen LogP contribution in [0.2, 0.25) is 0 Å². The van der Waals surface area contributed by atoms with Crippen molar-refractivity contribution in [2.75, 3.05) is 19.1 Å². The SMILES string of the molecule is COc1ccc(CN2C(=O)C(=O)c3cc(OC)ccc32)cc1. The second-order valence-electron chi connectivity index (χ2n) is 4.95. The van der Waals surface area contributed by atoms with E-state index < -0.39 is 11.7 Å². The lowest BCUT2D eigenvalue weighted by Crippen LogP contribution is -2.29. The minimum atomic E-state index is -0.515. The van der Waals surface area contributed by atoms with E-state index in [4.69, 9.17) is 9.47 Å². The van der Waals surface area contributed by atoms with Gasteiger partial charge >= 0.3 is 0 Å². The number of ketones is 1. The predicted molar refractivity (Wildman–Crippen MR) is 81.5 cm³/mol. The number of ether oxygens (including phenoxy) is 2. The van der Waals surface area contributed by atoms with Gasteiger partial charge in [-0.05, 0) is 35.9 Å². The van der Waals surface area contributed by atoms with Crippen molar-refractivity contribution in [3.05, 3.63) is 53.6 Å². The second kappa shape index (κ2) is 5.52. The molecule has 0 saturated carbocycles. The Morgan fingerprint density at radius 3 is 2.18 bits per heavy atom. The molecular formula is C17H15NO4. The normalized spacial score (nSPS) is 13.3. The number of amides is 1. The van der Waals surface area contributed by atoms with Gasteiger partial charge in [0.05, 0.1) is 32.0 Å². The lowest BCUT2D eigenvalue weighted by Gasteiger charge is -2.17. The molecule has 0 atom stereocenters. The minimum Gasteiger partial charge on any atom is -0.497 e. The summed E-state index contributed by atoms with van der Waals surface area (Å²) in [5, 5.41) is 0. The smallest absolute Gasteiger partial charge is 0.299 e. The van der Waals surface area contributed by atoms with Crippen LogP contribution < -0.4 is 14.4 Å². The first kappa shape index (κ1) is 14.1. The average Bonchev–Trinajstić information content (AvgIpc) is 2.80. The summed E-state index contributed by atoms with van der Waals surface area (Å²) in [4.78, 5) is 25.8. The predicted octanol–water partition coefficient (Wildman–Crippen LogP) is 2.43. The first-order chi connectivity index (χ1) is 10.6. The van der Waals surface area contributed by atoms with Crippen molar-refractivity contribution in [1.29, 1.82) is 0 Å². The van der Waals surface area contributed by atoms with Crippen LogP contribution in [0.1, 0.15) is 15.9 Å². The monoisotopic (exact) mass is 297 g/mol. The highest BCUT2D eigenvalue weighted by atomic mass is 16.5. The number of carbonyl (C=O) groups is 2. The largest absolute Gasteiger partial charge is 0.497 e. The van der Waals surface area contributed by atoms with Crippen LogP contribution in [0.5, 0.6) is 11.5 Å². The molecule has 22 heavy (non-hydrogen) atoms. The van der Waals surface area contributed by atoms with Crippen molar-refractivity contribution in [3.63, 3.8) is 0 Å². The third-order valence-electron chi connectivity index (χ3n) is 3.68. The summed E-state index contributed by atoms with van der Waals surface area (Å²) < 4.78 is 10.2. The van der Waals surface area contributed by atoms with Crippen LogP contribution in [0.25, 0.3) is 0 Å². The third kappa shape index (κ3) is 2.30. The van der Waals surface area contributed by atoms with Crippen molar-refractivity contribution in [3.8, 4) is 11.5 Å². The third-order valence-corrected chi connectivity index (χ3v) is 3.68. The molecule has 0 N–H and O–H groups in total. The van der Waals surface area contributed by atoms with Crippen LogP contribution in [0.3, 0.4) is 0 Å². The standard InChI is InChI=1S/C17H15NO4/c1-21-12-5-3-11(4-6-12)10-18-15-8-7-13(22-2)9-14(15)16(19)17(18)20/h3-9H,10H2,1-2H3. The van der Waals surface area contributed by atoms with Gasteiger partial charge in [-0.2, -0.15) is 0 Å². The van der Waals surface area contributed by atoms with E-state index in [-0.39, 0.29) is 0 Å². The highest BCUT2D eigenvalue weighted by molar-refractivity contribution is 6.52. The lowest BCUT2D eigenvalue weighted by molar-refractivity contribution is -0.114. The fourth-order valence-corrected chi connectivity index (χ4v) is 2.48. The van der Waals surface area contributed by atoms with E-state index in [2.05, 4.69) is 0 Å².